The highest BCUT2D eigenvalue weighted by Crippen LogP contribution is 2.11. The molecule has 1 atom stereocenters. The zero-order valence-electron chi connectivity index (χ0n) is 4.70. The number of rotatable bonds is 0. The second kappa shape index (κ2) is 2.02. The first-order valence-electron chi connectivity index (χ1n) is 2.85. The van der Waals surface area contributed by atoms with Gasteiger partial charge in [-0.2, -0.15) is 0 Å². The van der Waals surface area contributed by atoms with Crippen LogP contribution in [0.15, 0.2) is 0 Å². The van der Waals surface area contributed by atoms with Crippen LogP contribution in [-0.2, 0) is 0 Å². The Morgan fingerprint density at radius 2 is 2.29 bits per heavy atom. The van der Waals surface area contributed by atoms with Crippen molar-refractivity contribution >= 4 is 0 Å². The zero-order valence-corrected chi connectivity index (χ0v) is 4.70. The molecule has 0 spiro atoms. The van der Waals surface area contributed by atoms with Crippen molar-refractivity contribution in [2.75, 3.05) is 0 Å². The average molecular weight is 94.2 g/mol. The van der Waals surface area contributed by atoms with Crippen LogP contribution in [0.5, 0.6) is 0 Å². The minimum Gasteiger partial charge on any atom is -0.103 e. The molecule has 1 aliphatic carbocycles. The average Bonchev–Trinajstić information content (AvgIpc) is 1.69. The van der Waals surface area contributed by atoms with Crippen LogP contribution in [0.3, 0.4) is 0 Å². The first kappa shape index (κ1) is 4.71. The van der Waals surface area contributed by atoms with Crippen LogP contribution >= 0.6 is 0 Å². The van der Waals surface area contributed by atoms with E-state index in [2.05, 4.69) is 18.8 Å². The zero-order chi connectivity index (χ0) is 5.11. The third kappa shape index (κ3) is 1.23. The highest BCUT2D eigenvalue weighted by molar-refractivity contribution is 5.03. The van der Waals surface area contributed by atoms with Gasteiger partial charge in [0.2, 0.25) is 0 Å². The maximum atomic E-state index is 3.08. The van der Waals surface area contributed by atoms with E-state index >= 15 is 0 Å². The molecule has 0 aromatic heterocycles. The van der Waals surface area contributed by atoms with Crippen LogP contribution in [-0.4, -0.2) is 0 Å². The van der Waals surface area contributed by atoms with Crippen molar-refractivity contribution in [3.8, 4) is 11.8 Å². The lowest BCUT2D eigenvalue weighted by Gasteiger charge is -2.06. The van der Waals surface area contributed by atoms with Crippen molar-refractivity contribution < 1.29 is 0 Å². The van der Waals surface area contributed by atoms with Crippen LogP contribution in [0.25, 0.3) is 0 Å². The van der Waals surface area contributed by atoms with Gasteiger partial charge in [-0.1, -0.05) is 6.92 Å². The Hall–Kier alpha value is -0.440. The predicted molar refractivity (Wildman–Crippen MR) is 30.8 cm³/mol. The summed E-state index contributed by atoms with van der Waals surface area (Å²) in [6.07, 6.45) is 3.56. The molecule has 0 bridgehead atoms. The Balaban J connectivity index is 2.39. The highest BCUT2D eigenvalue weighted by atomic mass is 14.0. The molecule has 0 radical (unpaired) electrons. The van der Waals surface area contributed by atoms with E-state index in [9.17, 15) is 0 Å². The highest BCUT2D eigenvalue weighted by Gasteiger charge is 2.00. The van der Waals surface area contributed by atoms with Gasteiger partial charge in [0, 0.05) is 12.8 Å². The van der Waals surface area contributed by atoms with Gasteiger partial charge in [0.25, 0.3) is 0 Å². The van der Waals surface area contributed by atoms with E-state index in [0.717, 1.165) is 18.8 Å². The van der Waals surface area contributed by atoms with Gasteiger partial charge in [0.05, 0.1) is 0 Å². The van der Waals surface area contributed by atoms with Crippen molar-refractivity contribution in [3.63, 3.8) is 0 Å². The summed E-state index contributed by atoms with van der Waals surface area (Å²) in [5.74, 6) is 7.01. The molecular weight excluding hydrogens is 84.1 g/mol. The van der Waals surface area contributed by atoms with Crippen LogP contribution < -0.4 is 0 Å². The fraction of sp³-hybridized carbons (Fsp3) is 0.714. The van der Waals surface area contributed by atoms with E-state index in [1.54, 1.807) is 0 Å². The Morgan fingerprint density at radius 3 is 2.57 bits per heavy atom. The van der Waals surface area contributed by atoms with Crippen molar-refractivity contribution in [3.05, 3.63) is 0 Å². The summed E-state index contributed by atoms with van der Waals surface area (Å²) >= 11 is 0. The molecular formula is C7H10. The molecule has 0 saturated carbocycles. The summed E-state index contributed by atoms with van der Waals surface area (Å²) in [7, 11) is 0. The quantitative estimate of drug-likeness (QED) is 0.401. The summed E-state index contributed by atoms with van der Waals surface area (Å²) in [5, 5.41) is 0. The van der Waals surface area contributed by atoms with Crippen molar-refractivity contribution in [1.82, 2.24) is 0 Å². The monoisotopic (exact) mass is 94.1 g/mol. The van der Waals surface area contributed by atoms with Gasteiger partial charge in [-0.15, -0.1) is 11.8 Å². The molecule has 0 N–H and O–H groups in total. The lowest BCUT2D eigenvalue weighted by molar-refractivity contribution is 0.546. The molecule has 0 saturated heterocycles. The molecule has 0 aromatic carbocycles. The minimum atomic E-state index is 0.862. The predicted octanol–water partition coefficient (Wildman–Crippen LogP) is 1.81. The molecule has 0 amide bonds. The van der Waals surface area contributed by atoms with Gasteiger partial charge in [0.15, 0.2) is 0 Å². The Morgan fingerprint density at radius 1 is 1.43 bits per heavy atom. The van der Waals surface area contributed by atoms with Gasteiger partial charge in [-0.3, -0.25) is 0 Å². The first-order valence-corrected chi connectivity index (χ1v) is 2.85. The molecule has 0 aliphatic heterocycles. The summed E-state index contributed by atoms with van der Waals surface area (Å²) in [5.41, 5.74) is 0. The Labute approximate surface area is 44.9 Å². The lowest BCUT2D eigenvalue weighted by Crippen LogP contribution is -1.95. The fourth-order valence-corrected chi connectivity index (χ4v) is 0.755. The van der Waals surface area contributed by atoms with E-state index in [-0.39, 0.29) is 0 Å². The molecule has 0 nitrogen and oxygen atoms in total. The molecule has 1 rings (SSSR count). The summed E-state index contributed by atoms with van der Waals surface area (Å²) in [6, 6.07) is 0. The minimum absolute atomic E-state index is 0.862. The van der Waals surface area contributed by atoms with E-state index < -0.39 is 0 Å². The second-order valence-corrected chi connectivity index (χ2v) is 2.20. The molecule has 0 fully saturated rings. The van der Waals surface area contributed by atoms with Crippen LogP contribution in [0, 0.1) is 17.8 Å². The number of hydrogen-bond donors (Lipinski definition) is 0. The smallest absolute Gasteiger partial charge is 0.0115 e. The molecule has 0 heteroatoms. The standard InChI is InChI=1S/C7H10/c1-7-5-3-2-4-6-7/h7H,3,5-6H2,1H3. The van der Waals surface area contributed by atoms with Crippen molar-refractivity contribution in [2.24, 2.45) is 5.92 Å². The van der Waals surface area contributed by atoms with Gasteiger partial charge in [-0.25, -0.2) is 0 Å². The summed E-state index contributed by atoms with van der Waals surface area (Å²) in [4.78, 5) is 0. The molecule has 0 aromatic rings. The maximum Gasteiger partial charge on any atom is 0.0115 e. The largest absolute Gasteiger partial charge is 0.103 e. The Kier molecular flexibility index (Phi) is 1.36. The van der Waals surface area contributed by atoms with E-state index in [4.69, 9.17) is 0 Å². The SMILES string of the molecule is CC1CC#CCC1. The molecule has 38 valence electrons. The molecule has 0 heterocycles. The van der Waals surface area contributed by atoms with E-state index in [1.165, 1.54) is 6.42 Å². The van der Waals surface area contributed by atoms with Gasteiger partial charge < -0.3 is 0 Å². The van der Waals surface area contributed by atoms with Crippen LogP contribution in [0.1, 0.15) is 26.2 Å². The maximum absolute atomic E-state index is 3.08. The Bertz CT molecular complexity index is 103. The van der Waals surface area contributed by atoms with Crippen molar-refractivity contribution in [2.45, 2.75) is 26.2 Å². The van der Waals surface area contributed by atoms with Gasteiger partial charge >= 0.3 is 0 Å². The van der Waals surface area contributed by atoms with Gasteiger partial charge in [-0.05, 0) is 12.3 Å². The van der Waals surface area contributed by atoms with Crippen LogP contribution in [0.2, 0.25) is 0 Å². The van der Waals surface area contributed by atoms with Gasteiger partial charge in [0.1, 0.15) is 0 Å². The van der Waals surface area contributed by atoms with E-state index in [1.807, 2.05) is 0 Å². The van der Waals surface area contributed by atoms with Crippen LogP contribution in [0.4, 0.5) is 0 Å². The number of hydrogen-bond acceptors (Lipinski definition) is 0. The summed E-state index contributed by atoms with van der Waals surface area (Å²) < 4.78 is 0. The molecule has 1 aliphatic rings. The topological polar surface area (TPSA) is 0 Å². The first-order chi connectivity index (χ1) is 3.39. The third-order valence-electron chi connectivity index (χ3n) is 1.34. The molecule has 7 heavy (non-hydrogen) atoms. The normalized spacial score (nSPS) is 28.4. The lowest BCUT2D eigenvalue weighted by atomic mass is 9.99. The summed E-state index contributed by atoms with van der Waals surface area (Å²) in [6.45, 7) is 2.26. The third-order valence-corrected chi connectivity index (χ3v) is 1.34. The second-order valence-electron chi connectivity index (χ2n) is 2.20. The van der Waals surface area contributed by atoms with E-state index in [0.29, 0.717) is 0 Å². The fourth-order valence-electron chi connectivity index (χ4n) is 0.755. The van der Waals surface area contributed by atoms with Crippen molar-refractivity contribution in [1.29, 1.82) is 0 Å². The molecule has 1 unspecified atom stereocenters.